The molecule has 1 aliphatic heterocycles. The number of likely N-dealkylation sites (tertiary alicyclic amines) is 1. The van der Waals surface area contributed by atoms with Gasteiger partial charge in [-0.1, -0.05) is 31.0 Å². The Kier molecular flexibility index (Phi) is 5.01. The first-order valence-electron chi connectivity index (χ1n) is 9.48. The molecule has 4 rings (SSSR count). The van der Waals surface area contributed by atoms with Crippen LogP contribution in [0.25, 0.3) is 11.5 Å². The number of carbonyl (C=O) groups excluding carboxylic acids is 1. The Morgan fingerprint density at radius 3 is 2.63 bits per heavy atom. The lowest BCUT2D eigenvalue weighted by atomic mass is 10.0. The summed E-state index contributed by atoms with van der Waals surface area (Å²) in [5.74, 6) is 0.757. The van der Waals surface area contributed by atoms with E-state index in [0.717, 1.165) is 43.4 Å². The molecule has 1 amide bonds. The number of amides is 1. The highest BCUT2D eigenvalue weighted by molar-refractivity contribution is 5.93. The summed E-state index contributed by atoms with van der Waals surface area (Å²) < 4.78 is 5.93. The lowest BCUT2D eigenvalue weighted by molar-refractivity contribution is 0.0648. The second-order valence-corrected chi connectivity index (χ2v) is 6.94. The van der Waals surface area contributed by atoms with Crippen molar-refractivity contribution in [2.24, 2.45) is 0 Å². The van der Waals surface area contributed by atoms with Crippen LogP contribution in [0, 0.1) is 6.92 Å². The number of hydrogen-bond acceptors (Lipinski definition) is 4. The third kappa shape index (κ3) is 3.63. The zero-order valence-electron chi connectivity index (χ0n) is 15.5. The SMILES string of the molecule is Cc1nc(-c2ccccc2)oc1C(=O)N1CCCCCC1c1ccncc1. The molecule has 1 fully saturated rings. The zero-order valence-corrected chi connectivity index (χ0v) is 15.5. The van der Waals surface area contributed by atoms with Crippen molar-refractivity contribution in [2.45, 2.75) is 38.6 Å². The highest BCUT2D eigenvalue weighted by Gasteiger charge is 2.31. The number of carbonyl (C=O) groups is 1. The van der Waals surface area contributed by atoms with Gasteiger partial charge in [0.25, 0.3) is 5.91 Å². The van der Waals surface area contributed by atoms with Crippen LogP contribution in [0.3, 0.4) is 0 Å². The highest BCUT2D eigenvalue weighted by Crippen LogP contribution is 2.32. The van der Waals surface area contributed by atoms with Crippen molar-refractivity contribution < 1.29 is 9.21 Å². The molecule has 2 aromatic heterocycles. The minimum Gasteiger partial charge on any atom is -0.431 e. The number of aryl methyl sites for hydroxylation is 1. The summed E-state index contributed by atoms with van der Waals surface area (Å²) >= 11 is 0. The Labute approximate surface area is 159 Å². The number of hydrogen-bond donors (Lipinski definition) is 0. The Bertz CT molecular complexity index is 906. The number of oxazole rings is 1. The Morgan fingerprint density at radius 1 is 1.07 bits per heavy atom. The molecule has 138 valence electrons. The van der Waals surface area contributed by atoms with Crippen LogP contribution in [0.4, 0.5) is 0 Å². The molecule has 3 heterocycles. The predicted molar refractivity (Wildman–Crippen MR) is 103 cm³/mol. The summed E-state index contributed by atoms with van der Waals surface area (Å²) in [4.78, 5) is 23.9. The minimum absolute atomic E-state index is 0.0488. The van der Waals surface area contributed by atoms with Gasteiger partial charge in [-0.25, -0.2) is 4.98 Å². The van der Waals surface area contributed by atoms with E-state index in [-0.39, 0.29) is 11.9 Å². The molecule has 0 radical (unpaired) electrons. The Balaban J connectivity index is 1.67. The molecule has 0 bridgehead atoms. The van der Waals surface area contributed by atoms with Crippen LogP contribution in [0.1, 0.15) is 53.5 Å². The maximum atomic E-state index is 13.4. The van der Waals surface area contributed by atoms with E-state index in [2.05, 4.69) is 9.97 Å². The maximum absolute atomic E-state index is 13.4. The summed E-state index contributed by atoms with van der Waals surface area (Å²) in [5.41, 5.74) is 2.64. The molecule has 5 nitrogen and oxygen atoms in total. The lowest BCUT2D eigenvalue weighted by Crippen LogP contribution is -2.35. The average Bonchev–Trinajstić information content (AvgIpc) is 2.95. The third-order valence-electron chi connectivity index (χ3n) is 5.12. The van der Waals surface area contributed by atoms with Gasteiger partial charge in [0.2, 0.25) is 11.7 Å². The first-order chi connectivity index (χ1) is 13.2. The molecule has 0 aliphatic carbocycles. The predicted octanol–water partition coefficient (Wildman–Crippen LogP) is 4.80. The Hall–Kier alpha value is -2.95. The fraction of sp³-hybridized carbons (Fsp3) is 0.318. The summed E-state index contributed by atoms with van der Waals surface area (Å²) in [5, 5.41) is 0. The lowest BCUT2D eigenvalue weighted by Gasteiger charge is -2.29. The van der Waals surface area contributed by atoms with Crippen LogP contribution in [0.15, 0.2) is 59.3 Å². The van der Waals surface area contributed by atoms with Gasteiger partial charge in [-0.15, -0.1) is 0 Å². The molecule has 3 aromatic rings. The number of aromatic nitrogens is 2. The van der Waals surface area contributed by atoms with E-state index < -0.39 is 0 Å². The molecule has 1 aromatic carbocycles. The largest absolute Gasteiger partial charge is 0.431 e. The highest BCUT2D eigenvalue weighted by atomic mass is 16.4. The molecular weight excluding hydrogens is 338 g/mol. The average molecular weight is 361 g/mol. The van der Waals surface area contributed by atoms with Crippen LogP contribution in [0.2, 0.25) is 0 Å². The standard InChI is InChI=1S/C22H23N3O2/c1-16-20(27-21(24-16)18-8-4-2-5-9-18)22(26)25-15-7-3-6-10-19(25)17-11-13-23-14-12-17/h2,4-5,8-9,11-14,19H,3,6-7,10,15H2,1H3. The summed E-state index contributed by atoms with van der Waals surface area (Å²) in [6.45, 7) is 2.56. The third-order valence-corrected chi connectivity index (χ3v) is 5.12. The van der Waals surface area contributed by atoms with E-state index >= 15 is 0 Å². The van der Waals surface area contributed by atoms with Gasteiger partial charge in [-0.3, -0.25) is 9.78 Å². The van der Waals surface area contributed by atoms with Crippen LogP contribution >= 0.6 is 0 Å². The van der Waals surface area contributed by atoms with E-state index in [1.807, 2.05) is 54.3 Å². The number of pyridine rings is 1. The van der Waals surface area contributed by atoms with Gasteiger partial charge in [0, 0.05) is 24.5 Å². The molecule has 1 aliphatic rings. The van der Waals surface area contributed by atoms with Gasteiger partial charge in [0.1, 0.15) is 0 Å². The molecule has 1 saturated heterocycles. The van der Waals surface area contributed by atoms with Crippen LogP contribution in [-0.4, -0.2) is 27.3 Å². The van der Waals surface area contributed by atoms with Crippen molar-refractivity contribution in [3.05, 3.63) is 71.9 Å². The molecule has 0 N–H and O–H groups in total. The van der Waals surface area contributed by atoms with Gasteiger partial charge in [0.05, 0.1) is 11.7 Å². The minimum atomic E-state index is -0.0779. The van der Waals surface area contributed by atoms with Gasteiger partial charge in [-0.2, -0.15) is 0 Å². The van der Waals surface area contributed by atoms with E-state index in [1.165, 1.54) is 0 Å². The van der Waals surface area contributed by atoms with E-state index in [0.29, 0.717) is 17.3 Å². The fourth-order valence-electron chi connectivity index (χ4n) is 3.71. The fourth-order valence-corrected chi connectivity index (χ4v) is 3.71. The summed E-state index contributed by atoms with van der Waals surface area (Å²) in [6, 6.07) is 13.7. The molecule has 5 heteroatoms. The molecule has 1 atom stereocenters. The first kappa shape index (κ1) is 17.5. The molecular formula is C22H23N3O2. The zero-order chi connectivity index (χ0) is 18.6. The Morgan fingerprint density at radius 2 is 1.85 bits per heavy atom. The van der Waals surface area contributed by atoms with Gasteiger partial charge >= 0.3 is 0 Å². The molecule has 1 unspecified atom stereocenters. The van der Waals surface area contributed by atoms with Crippen molar-refractivity contribution >= 4 is 5.91 Å². The normalized spacial score (nSPS) is 17.5. The molecule has 0 saturated carbocycles. The van der Waals surface area contributed by atoms with Crippen molar-refractivity contribution in [3.63, 3.8) is 0 Å². The second-order valence-electron chi connectivity index (χ2n) is 6.94. The van der Waals surface area contributed by atoms with Crippen molar-refractivity contribution in [1.82, 2.24) is 14.9 Å². The van der Waals surface area contributed by atoms with Gasteiger partial charge in [0.15, 0.2) is 0 Å². The van der Waals surface area contributed by atoms with Crippen LogP contribution in [-0.2, 0) is 0 Å². The first-order valence-corrected chi connectivity index (χ1v) is 9.48. The number of nitrogens with zero attached hydrogens (tertiary/aromatic N) is 3. The van der Waals surface area contributed by atoms with Crippen molar-refractivity contribution in [1.29, 1.82) is 0 Å². The second kappa shape index (κ2) is 7.74. The van der Waals surface area contributed by atoms with Gasteiger partial charge < -0.3 is 9.32 Å². The van der Waals surface area contributed by atoms with E-state index in [4.69, 9.17) is 4.42 Å². The summed E-state index contributed by atoms with van der Waals surface area (Å²) in [6.07, 6.45) is 7.78. The number of rotatable bonds is 3. The maximum Gasteiger partial charge on any atom is 0.292 e. The van der Waals surface area contributed by atoms with Crippen molar-refractivity contribution in [2.75, 3.05) is 6.54 Å². The number of benzene rings is 1. The smallest absolute Gasteiger partial charge is 0.292 e. The quantitative estimate of drug-likeness (QED) is 0.672. The molecule has 0 spiro atoms. The van der Waals surface area contributed by atoms with Crippen LogP contribution < -0.4 is 0 Å². The van der Waals surface area contributed by atoms with E-state index in [1.54, 1.807) is 12.4 Å². The van der Waals surface area contributed by atoms with Crippen LogP contribution in [0.5, 0.6) is 0 Å². The summed E-state index contributed by atoms with van der Waals surface area (Å²) in [7, 11) is 0. The van der Waals surface area contributed by atoms with Crippen molar-refractivity contribution in [3.8, 4) is 11.5 Å². The topological polar surface area (TPSA) is 59.2 Å². The van der Waals surface area contributed by atoms with E-state index in [9.17, 15) is 4.79 Å². The van der Waals surface area contributed by atoms with Gasteiger partial charge in [-0.05, 0) is 49.6 Å². The molecule has 27 heavy (non-hydrogen) atoms. The monoisotopic (exact) mass is 361 g/mol.